The van der Waals surface area contributed by atoms with Crippen molar-refractivity contribution in [3.63, 3.8) is 0 Å². The quantitative estimate of drug-likeness (QED) is 0.907. The van der Waals surface area contributed by atoms with Crippen LogP contribution < -0.4 is 15.4 Å². The molecule has 3 heterocycles. The van der Waals surface area contributed by atoms with Gasteiger partial charge in [-0.15, -0.1) is 11.3 Å². The minimum Gasteiger partial charge on any atom is -0.497 e. The second-order valence-corrected chi connectivity index (χ2v) is 7.34. The van der Waals surface area contributed by atoms with Crippen molar-refractivity contribution in [1.29, 1.82) is 0 Å². The van der Waals surface area contributed by atoms with Gasteiger partial charge in [-0.1, -0.05) is 12.1 Å². The van der Waals surface area contributed by atoms with Crippen molar-refractivity contribution < 1.29 is 9.53 Å². The van der Waals surface area contributed by atoms with Crippen LogP contribution in [0.2, 0.25) is 0 Å². The predicted molar refractivity (Wildman–Crippen MR) is 92.1 cm³/mol. The summed E-state index contributed by atoms with van der Waals surface area (Å²) >= 11 is 1.53. The van der Waals surface area contributed by atoms with Crippen molar-refractivity contribution in [2.75, 3.05) is 7.11 Å². The molecule has 2 fully saturated rings. The van der Waals surface area contributed by atoms with Gasteiger partial charge in [0.1, 0.15) is 5.75 Å². The second-order valence-electron chi connectivity index (χ2n) is 6.26. The van der Waals surface area contributed by atoms with Crippen LogP contribution in [0, 0.1) is 0 Å². The van der Waals surface area contributed by atoms with E-state index in [-0.39, 0.29) is 11.9 Å². The third-order valence-corrected chi connectivity index (χ3v) is 5.93. The average molecular weight is 328 g/mol. The number of hydrogen-bond acceptors (Lipinski definition) is 4. The molecule has 0 saturated carbocycles. The van der Waals surface area contributed by atoms with Gasteiger partial charge < -0.3 is 15.4 Å². The van der Waals surface area contributed by atoms with E-state index in [1.165, 1.54) is 24.2 Å². The fourth-order valence-corrected chi connectivity index (χ4v) is 4.52. The fourth-order valence-electron chi connectivity index (χ4n) is 3.61. The highest BCUT2D eigenvalue weighted by Crippen LogP contribution is 2.32. The van der Waals surface area contributed by atoms with Crippen molar-refractivity contribution in [3.8, 4) is 16.2 Å². The molecular weight excluding hydrogens is 308 g/mol. The van der Waals surface area contributed by atoms with Crippen LogP contribution in [0.5, 0.6) is 5.75 Å². The standard InChI is InChI=1S/C18H20N2O2S/c1-22-13-4-2-3-11(9-13)16-7-8-17(23-16)18(21)20-15-10-12-5-6-14(15)19-12/h2-4,7-9,12,14-15,19H,5-6,10H2,1H3,(H,20,21)/t12-,14+,15-/m1/s1. The molecule has 2 saturated heterocycles. The van der Waals surface area contributed by atoms with Crippen molar-refractivity contribution in [2.45, 2.75) is 37.4 Å². The van der Waals surface area contributed by atoms with Gasteiger partial charge >= 0.3 is 0 Å². The van der Waals surface area contributed by atoms with Crippen LogP contribution >= 0.6 is 11.3 Å². The number of hydrogen-bond donors (Lipinski definition) is 2. The monoisotopic (exact) mass is 328 g/mol. The van der Waals surface area contributed by atoms with E-state index in [4.69, 9.17) is 4.74 Å². The highest BCUT2D eigenvalue weighted by molar-refractivity contribution is 7.17. The summed E-state index contributed by atoms with van der Waals surface area (Å²) in [5, 5.41) is 6.75. The highest BCUT2D eigenvalue weighted by atomic mass is 32.1. The lowest BCUT2D eigenvalue weighted by Crippen LogP contribution is -2.42. The van der Waals surface area contributed by atoms with E-state index >= 15 is 0 Å². The topological polar surface area (TPSA) is 50.4 Å². The molecule has 2 N–H and O–H groups in total. The van der Waals surface area contributed by atoms with Gasteiger partial charge in [-0.25, -0.2) is 0 Å². The molecule has 1 amide bonds. The number of amides is 1. The Kier molecular flexibility index (Phi) is 3.83. The molecule has 23 heavy (non-hydrogen) atoms. The maximum absolute atomic E-state index is 12.5. The van der Waals surface area contributed by atoms with Crippen LogP contribution in [0.1, 0.15) is 28.9 Å². The lowest BCUT2D eigenvalue weighted by Gasteiger charge is -2.20. The summed E-state index contributed by atoms with van der Waals surface area (Å²) in [4.78, 5) is 14.3. The van der Waals surface area contributed by atoms with Crippen LogP contribution in [0.4, 0.5) is 0 Å². The van der Waals surface area contributed by atoms with Gasteiger partial charge in [0.15, 0.2) is 0 Å². The normalized spacial score (nSPS) is 25.5. The zero-order valence-corrected chi connectivity index (χ0v) is 13.9. The third-order valence-electron chi connectivity index (χ3n) is 4.80. The van der Waals surface area contributed by atoms with Crippen LogP contribution in [-0.4, -0.2) is 31.1 Å². The number of fused-ring (bicyclic) bond motifs is 2. The molecule has 2 aliphatic rings. The van der Waals surface area contributed by atoms with E-state index in [0.717, 1.165) is 27.5 Å². The molecule has 0 unspecified atom stereocenters. The first-order valence-electron chi connectivity index (χ1n) is 8.04. The van der Waals surface area contributed by atoms with E-state index in [1.54, 1.807) is 7.11 Å². The first kappa shape index (κ1) is 14.7. The lowest BCUT2D eigenvalue weighted by atomic mass is 9.95. The van der Waals surface area contributed by atoms with Gasteiger partial charge in [0.2, 0.25) is 0 Å². The first-order chi connectivity index (χ1) is 11.2. The maximum atomic E-state index is 12.5. The SMILES string of the molecule is COc1cccc(-c2ccc(C(=O)N[C@@H]3C[C@H]4CC[C@@H]3N4)s2)c1. The minimum absolute atomic E-state index is 0.0449. The molecule has 2 bridgehead atoms. The lowest BCUT2D eigenvalue weighted by molar-refractivity contribution is 0.0935. The molecule has 0 radical (unpaired) electrons. The zero-order valence-electron chi connectivity index (χ0n) is 13.0. The number of carbonyl (C=O) groups excluding carboxylic acids is 1. The summed E-state index contributed by atoms with van der Waals surface area (Å²) < 4.78 is 5.27. The summed E-state index contributed by atoms with van der Waals surface area (Å²) in [6.45, 7) is 0. The molecule has 1 aromatic carbocycles. The van der Waals surface area contributed by atoms with Crippen LogP contribution in [0.15, 0.2) is 36.4 Å². The van der Waals surface area contributed by atoms with Crippen molar-refractivity contribution in [2.24, 2.45) is 0 Å². The van der Waals surface area contributed by atoms with Crippen molar-refractivity contribution >= 4 is 17.2 Å². The van der Waals surface area contributed by atoms with E-state index in [1.807, 2.05) is 36.4 Å². The Morgan fingerprint density at radius 1 is 1.30 bits per heavy atom. The van der Waals surface area contributed by atoms with Gasteiger partial charge in [-0.2, -0.15) is 0 Å². The zero-order chi connectivity index (χ0) is 15.8. The predicted octanol–water partition coefficient (Wildman–Crippen LogP) is 3.05. The Bertz CT molecular complexity index is 727. The summed E-state index contributed by atoms with van der Waals surface area (Å²) in [7, 11) is 1.66. The van der Waals surface area contributed by atoms with Gasteiger partial charge in [0.05, 0.1) is 12.0 Å². The Hall–Kier alpha value is -1.85. The molecule has 1 aromatic heterocycles. The number of benzene rings is 1. The molecule has 2 aliphatic heterocycles. The number of rotatable bonds is 4. The summed E-state index contributed by atoms with van der Waals surface area (Å²) in [6, 6.07) is 13.2. The maximum Gasteiger partial charge on any atom is 0.261 e. The largest absolute Gasteiger partial charge is 0.497 e. The molecule has 5 heteroatoms. The van der Waals surface area contributed by atoms with Crippen LogP contribution in [0.25, 0.3) is 10.4 Å². The molecule has 2 aromatic rings. The van der Waals surface area contributed by atoms with Gasteiger partial charge in [-0.3, -0.25) is 4.79 Å². The molecular formula is C18H20N2O2S. The first-order valence-corrected chi connectivity index (χ1v) is 8.86. The number of nitrogens with one attached hydrogen (secondary N) is 2. The smallest absolute Gasteiger partial charge is 0.261 e. The van der Waals surface area contributed by atoms with Crippen LogP contribution in [-0.2, 0) is 0 Å². The molecule has 4 rings (SSSR count). The summed E-state index contributed by atoms with van der Waals surface area (Å²) in [6.07, 6.45) is 3.48. The minimum atomic E-state index is 0.0449. The molecule has 3 atom stereocenters. The Balaban J connectivity index is 1.47. The molecule has 4 nitrogen and oxygen atoms in total. The third kappa shape index (κ3) is 2.86. The van der Waals surface area contributed by atoms with Gasteiger partial charge in [0.25, 0.3) is 5.91 Å². The van der Waals surface area contributed by atoms with Gasteiger partial charge in [-0.05, 0) is 49.1 Å². The fraction of sp³-hybridized carbons (Fsp3) is 0.389. The highest BCUT2D eigenvalue weighted by Gasteiger charge is 2.39. The van der Waals surface area contributed by atoms with E-state index < -0.39 is 0 Å². The molecule has 0 spiro atoms. The van der Waals surface area contributed by atoms with E-state index in [9.17, 15) is 4.79 Å². The molecule has 0 aliphatic carbocycles. The second kappa shape index (κ2) is 5.98. The Morgan fingerprint density at radius 3 is 2.96 bits per heavy atom. The van der Waals surface area contributed by atoms with Gasteiger partial charge in [0, 0.05) is 23.0 Å². The summed E-state index contributed by atoms with van der Waals surface area (Å²) in [5.74, 6) is 0.874. The number of thiophene rings is 1. The molecule has 120 valence electrons. The number of methoxy groups -OCH3 is 1. The Morgan fingerprint density at radius 2 is 2.22 bits per heavy atom. The number of ether oxygens (including phenoxy) is 1. The number of carbonyl (C=O) groups is 1. The average Bonchev–Trinajstić information content (AvgIpc) is 3.31. The van der Waals surface area contributed by atoms with Crippen molar-refractivity contribution in [1.82, 2.24) is 10.6 Å². The van der Waals surface area contributed by atoms with Crippen molar-refractivity contribution in [3.05, 3.63) is 41.3 Å². The van der Waals surface area contributed by atoms with Crippen LogP contribution in [0.3, 0.4) is 0 Å². The Labute approximate surface area is 139 Å². The van der Waals surface area contributed by atoms with E-state index in [2.05, 4.69) is 10.6 Å². The summed E-state index contributed by atoms with van der Waals surface area (Å²) in [5.41, 5.74) is 1.08. The van der Waals surface area contributed by atoms with E-state index in [0.29, 0.717) is 12.1 Å².